The van der Waals surface area contributed by atoms with E-state index in [-0.39, 0.29) is 5.92 Å². The van der Waals surface area contributed by atoms with Crippen molar-refractivity contribution in [2.75, 3.05) is 61.6 Å². The van der Waals surface area contributed by atoms with Gasteiger partial charge in [-0.15, -0.1) is 0 Å². The van der Waals surface area contributed by atoms with Crippen molar-refractivity contribution in [1.29, 1.82) is 0 Å². The number of ether oxygens (including phenoxy) is 1. The molecule has 0 spiro atoms. The molecular weight excluding hydrogens is 356 g/mol. The van der Waals surface area contributed by atoms with E-state index < -0.39 is 0 Å². The van der Waals surface area contributed by atoms with Crippen LogP contribution in [0.3, 0.4) is 0 Å². The summed E-state index contributed by atoms with van der Waals surface area (Å²) in [6.07, 6.45) is 2.72. The molecule has 1 aliphatic heterocycles. The molecule has 1 aliphatic rings. The summed E-state index contributed by atoms with van der Waals surface area (Å²) < 4.78 is 5.51. The summed E-state index contributed by atoms with van der Waals surface area (Å²) in [6, 6.07) is 1.79. The van der Waals surface area contributed by atoms with Crippen LogP contribution in [0.4, 0.5) is 17.8 Å². The van der Waals surface area contributed by atoms with Gasteiger partial charge in [-0.25, -0.2) is 4.98 Å². The normalized spacial score (nSPS) is 14.9. The molecule has 0 aromatic carbocycles. The van der Waals surface area contributed by atoms with E-state index in [2.05, 4.69) is 43.6 Å². The van der Waals surface area contributed by atoms with Gasteiger partial charge < -0.3 is 19.4 Å². The van der Waals surface area contributed by atoms with Crippen molar-refractivity contribution >= 4 is 17.8 Å². The first-order chi connectivity index (χ1) is 13.5. The molecular formula is C19H30N8O. The van der Waals surface area contributed by atoms with Crippen molar-refractivity contribution in [1.82, 2.24) is 24.9 Å². The van der Waals surface area contributed by atoms with Gasteiger partial charge >= 0.3 is 0 Å². The molecule has 0 unspecified atom stereocenters. The first-order valence-corrected chi connectivity index (χ1v) is 9.87. The lowest BCUT2D eigenvalue weighted by Crippen LogP contribution is -2.33. The summed E-state index contributed by atoms with van der Waals surface area (Å²) in [4.78, 5) is 29.3. The number of nitrogens with zero attached hydrogens (tertiary/aromatic N) is 8. The molecule has 3 rings (SSSR count). The van der Waals surface area contributed by atoms with Gasteiger partial charge in [0.2, 0.25) is 23.7 Å². The molecule has 152 valence electrons. The molecule has 3 heterocycles. The largest absolute Gasteiger partial charge is 0.478 e. The Bertz CT molecular complexity index is 756. The fraction of sp³-hybridized carbons (Fsp3) is 0.632. The smallest absolute Gasteiger partial charge is 0.230 e. The van der Waals surface area contributed by atoms with E-state index in [1.807, 2.05) is 25.9 Å². The second kappa shape index (κ2) is 8.99. The second-order valence-corrected chi connectivity index (χ2v) is 7.30. The van der Waals surface area contributed by atoms with E-state index >= 15 is 0 Å². The number of rotatable bonds is 6. The molecule has 0 N–H and O–H groups in total. The molecule has 28 heavy (non-hydrogen) atoms. The van der Waals surface area contributed by atoms with Gasteiger partial charge in [0.05, 0.1) is 6.61 Å². The summed E-state index contributed by atoms with van der Waals surface area (Å²) in [5.41, 5.74) is 0. The summed E-state index contributed by atoms with van der Waals surface area (Å²) >= 11 is 0. The standard InChI is InChI=1S/C19H30N8O/c1-6-28-15-8-9-20-17(21-15)26-10-7-11-27(13-12-26)19-23-16(14(2)3)22-18(24-19)25(4)5/h8-9,14H,6-7,10-13H2,1-5H3. The van der Waals surface area contributed by atoms with Gasteiger partial charge in [0, 0.05) is 58.5 Å². The molecule has 0 aliphatic carbocycles. The quantitative estimate of drug-likeness (QED) is 0.740. The maximum atomic E-state index is 5.51. The lowest BCUT2D eigenvalue weighted by molar-refractivity contribution is 0.326. The average molecular weight is 387 g/mol. The average Bonchev–Trinajstić information content (AvgIpc) is 2.94. The Morgan fingerprint density at radius 3 is 2.36 bits per heavy atom. The second-order valence-electron chi connectivity index (χ2n) is 7.30. The van der Waals surface area contributed by atoms with Gasteiger partial charge in [-0.3, -0.25) is 0 Å². The van der Waals surface area contributed by atoms with Crippen LogP contribution in [0.1, 0.15) is 38.9 Å². The van der Waals surface area contributed by atoms with E-state index in [4.69, 9.17) is 9.72 Å². The number of hydrogen-bond acceptors (Lipinski definition) is 9. The predicted molar refractivity (Wildman–Crippen MR) is 110 cm³/mol. The molecule has 0 bridgehead atoms. The van der Waals surface area contributed by atoms with Crippen LogP contribution in [0.25, 0.3) is 0 Å². The Labute approximate surface area is 166 Å². The zero-order chi connectivity index (χ0) is 20.1. The first-order valence-electron chi connectivity index (χ1n) is 9.87. The zero-order valence-corrected chi connectivity index (χ0v) is 17.5. The van der Waals surface area contributed by atoms with E-state index in [9.17, 15) is 0 Å². The lowest BCUT2D eigenvalue weighted by Gasteiger charge is -2.23. The Hall–Kier alpha value is -2.71. The molecule has 1 saturated heterocycles. The minimum atomic E-state index is 0.249. The molecule has 2 aromatic rings. The van der Waals surface area contributed by atoms with Gasteiger partial charge in [0.25, 0.3) is 0 Å². The van der Waals surface area contributed by atoms with Crippen LogP contribution >= 0.6 is 0 Å². The topological polar surface area (TPSA) is 83.4 Å². The van der Waals surface area contributed by atoms with Crippen molar-refractivity contribution in [2.24, 2.45) is 0 Å². The van der Waals surface area contributed by atoms with Crippen molar-refractivity contribution in [3.8, 4) is 5.88 Å². The van der Waals surface area contributed by atoms with Crippen LogP contribution in [-0.2, 0) is 0 Å². The Balaban J connectivity index is 1.77. The highest BCUT2D eigenvalue weighted by Gasteiger charge is 2.21. The molecule has 0 atom stereocenters. The number of aromatic nitrogens is 5. The van der Waals surface area contributed by atoms with Crippen LogP contribution in [0, 0.1) is 0 Å². The van der Waals surface area contributed by atoms with Crippen LogP contribution < -0.4 is 19.4 Å². The monoisotopic (exact) mass is 386 g/mol. The van der Waals surface area contributed by atoms with Gasteiger partial charge in [0.1, 0.15) is 5.82 Å². The fourth-order valence-corrected chi connectivity index (χ4v) is 3.00. The Kier molecular flexibility index (Phi) is 6.43. The van der Waals surface area contributed by atoms with Crippen molar-refractivity contribution < 1.29 is 4.74 Å². The summed E-state index contributed by atoms with van der Waals surface area (Å²) in [5, 5.41) is 0. The van der Waals surface area contributed by atoms with Gasteiger partial charge in [-0.2, -0.15) is 19.9 Å². The first kappa shape index (κ1) is 20.0. The SMILES string of the molecule is CCOc1ccnc(N2CCCN(c3nc(C(C)C)nc(N(C)C)n3)CC2)n1. The predicted octanol–water partition coefficient (Wildman–Crippen LogP) is 1.97. The molecule has 1 fully saturated rings. The van der Waals surface area contributed by atoms with E-state index in [1.165, 1.54) is 0 Å². The minimum Gasteiger partial charge on any atom is -0.478 e. The molecule has 2 aromatic heterocycles. The fourth-order valence-electron chi connectivity index (χ4n) is 3.00. The third-order valence-electron chi connectivity index (χ3n) is 4.52. The number of hydrogen-bond donors (Lipinski definition) is 0. The lowest BCUT2D eigenvalue weighted by atomic mass is 10.2. The summed E-state index contributed by atoms with van der Waals surface area (Å²) in [7, 11) is 3.91. The van der Waals surface area contributed by atoms with Gasteiger partial charge in [-0.1, -0.05) is 13.8 Å². The van der Waals surface area contributed by atoms with Gasteiger partial charge in [0.15, 0.2) is 0 Å². The number of anilines is 3. The third-order valence-corrected chi connectivity index (χ3v) is 4.52. The van der Waals surface area contributed by atoms with Crippen LogP contribution in [0.15, 0.2) is 12.3 Å². The summed E-state index contributed by atoms with van der Waals surface area (Å²) in [5.74, 6) is 3.83. The van der Waals surface area contributed by atoms with Crippen LogP contribution in [0.5, 0.6) is 5.88 Å². The molecule has 9 nitrogen and oxygen atoms in total. The van der Waals surface area contributed by atoms with E-state index in [0.717, 1.165) is 44.4 Å². The maximum Gasteiger partial charge on any atom is 0.230 e. The summed E-state index contributed by atoms with van der Waals surface area (Å²) in [6.45, 7) is 10.1. The van der Waals surface area contributed by atoms with E-state index in [0.29, 0.717) is 24.4 Å². The Morgan fingerprint density at radius 1 is 1.00 bits per heavy atom. The van der Waals surface area contributed by atoms with E-state index in [1.54, 1.807) is 12.3 Å². The zero-order valence-electron chi connectivity index (χ0n) is 17.5. The van der Waals surface area contributed by atoms with Crippen LogP contribution in [0.2, 0.25) is 0 Å². The van der Waals surface area contributed by atoms with Crippen molar-refractivity contribution in [2.45, 2.75) is 33.1 Å². The molecule has 0 saturated carbocycles. The van der Waals surface area contributed by atoms with Crippen LogP contribution in [-0.4, -0.2) is 71.8 Å². The van der Waals surface area contributed by atoms with Crippen molar-refractivity contribution in [3.05, 3.63) is 18.1 Å². The Morgan fingerprint density at radius 2 is 1.71 bits per heavy atom. The molecule has 0 amide bonds. The molecule has 9 heteroatoms. The highest BCUT2D eigenvalue weighted by Crippen LogP contribution is 2.20. The van der Waals surface area contributed by atoms with Gasteiger partial charge in [-0.05, 0) is 13.3 Å². The van der Waals surface area contributed by atoms with Crippen molar-refractivity contribution in [3.63, 3.8) is 0 Å². The molecule has 0 radical (unpaired) electrons. The maximum absolute atomic E-state index is 5.51. The highest BCUT2D eigenvalue weighted by molar-refractivity contribution is 5.40. The third kappa shape index (κ3) is 4.76. The highest BCUT2D eigenvalue weighted by atomic mass is 16.5. The minimum absolute atomic E-state index is 0.249.